The fourth-order valence-corrected chi connectivity index (χ4v) is 2.19. The second-order valence-electron chi connectivity index (χ2n) is 5.18. The zero-order valence-electron chi connectivity index (χ0n) is 12.4. The summed E-state index contributed by atoms with van der Waals surface area (Å²) in [5, 5.41) is 2.47. The molecule has 1 aromatic heterocycles. The smallest absolute Gasteiger partial charge is 0.396 e. The van der Waals surface area contributed by atoms with Crippen molar-refractivity contribution in [3.05, 3.63) is 23.5 Å². The second-order valence-corrected chi connectivity index (χ2v) is 5.18. The van der Waals surface area contributed by atoms with Gasteiger partial charge in [-0.25, -0.2) is 4.98 Å². The third-order valence-corrected chi connectivity index (χ3v) is 3.41. The molecule has 0 bridgehead atoms. The van der Waals surface area contributed by atoms with Crippen LogP contribution in [0.5, 0.6) is 0 Å². The normalized spacial score (nSPS) is 18.1. The van der Waals surface area contributed by atoms with Gasteiger partial charge in [0, 0.05) is 25.3 Å². The van der Waals surface area contributed by atoms with Crippen LogP contribution in [-0.2, 0) is 15.7 Å². The Labute approximate surface area is 131 Å². The predicted octanol–water partition coefficient (Wildman–Crippen LogP) is 1.47. The lowest BCUT2D eigenvalue weighted by Gasteiger charge is -2.13. The number of nitrogen functional groups attached to an aromatic ring is 1. The van der Waals surface area contributed by atoms with E-state index in [0.29, 0.717) is 19.1 Å². The Morgan fingerprint density at radius 2 is 2.30 bits per heavy atom. The highest BCUT2D eigenvalue weighted by Crippen LogP contribution is 2.32. The van der Waals surface area contributed by atoms with E-state index in [4.69, 9.17) is 15.2 Å². The number of nitrogens with two attached hydrogens (primary N) is 1. The summed E-state index contributed by atoms with van der Waals surface area (Å²) in [5.41, 5.74) is 3.20. The first kappa shape index (κ1) is 17.5. The SMILES string of the molecule is Nc1c(C(=O)NCCOCC2CCOC2)ccnc1C(F)(F)F. The number of carbonyl (C=O) groups is 1. The van der Waals surface area contributed by atoms with E-state index in [1.807, 2.05) is 0 Å². The lowest BCUT2D eigenvalue weighted by Crippen LogP contribution is -2.29. The number of nitrogens with one attached hydrogen (secondary N) is 1. The predicted molar refractivity (Wildman–Crippen MR) is 75.7 cm³/mol. The Bertz CT molecular complexity index is 546. The highest BCUT2D eigenvalue weighted by Gasteiger charge is 2.36. The lowest BCUT2D eigenvalue weighted by molar-refractivity contribution is -0.140. The molecule has 1 aliphatic heterocycles. The molecule has 0 aliphatic carbocycles. The summed E-state index contributed by atoms with van der Waals surface area (Å²) < 4.78 is 48.7. The summed E-state index contributed by atoms with van der Waals surface area (Å²) in [5.74, 6) is -0.334. The van der Waals surface area contributed by atoms with Crippen LogP contribution in [0, 0.1) is 5.92 Å². The Kier molecular flexibility index (Phi) is 5.78. The summed E-state index contributed by atoms with van der Waals surface area (Å²) in [7, 11) is 0. The van der Waals surface area contributed by atoms with Gasteiger partial charge in [-0.1, -0.05) is 0 Å². The summed E-state index contributed by atoms with van der Waals surface area (Å²) in [6, 6.07) is 1.15. The van der Waals surface area contributed by atoms with Crippen molar-refractivity contribution in [2.75, 3.05) is 38.7 Å². The largest absolute Gasteiger partial charge is 0.435 e. The van der Waals surface area contributed by atoms with Crippen LogP contribution in [0.25, 0.3) is 0 Å². The van der Waals surface area contributed by atoms with E-state index < -0.39 is 23.5 Å². The Morgan fingerprint density at radius 3 is 2.96 bits per heavy atom. The quantitative estimate of drug-likeness (QED) is 0.770. The van der Waals surface area contributed by atoms with Crippen molar-refractivity contribution in [1.29, 1.82) is 0 Å². The van der Waals surface area contributed by atoms with Gasteiger partial charge in [0.15, 0.2) is 5.69 Å². The lowest BCUT2D eigenvalue weighted by atomic mass is 10.1. The standard InChI is InChI=1S/C14H18F3N3O3/c15-14(16,17)12-11(18)10(1-3-19-12)13(21)20-4-6-23-8-9-2-5-22-7-9/h1,3,9H,2,4-8,18H2,(H,20,21). The van der Waals surface area contributed by atoms with Crippen molar-refractivity contribution in [2.24, 2.45) is 5.92 Å². The van der Waals surface area contributed by atoms with Gasteiger partial charge in [0.2, 0.25) is 0 Å². The number of nitrogens with zero attached hydrogens (tertiary/aromatic N) is 1. The average Bonchev–Trinajstić information content (AvgIpc) is 2.99. The minimum atomic E-state index is -4.70. The number of halogens is 3. The topological polar surface area (TPSA) is 86.5 Å². The number of pyridine rings is 1. The average molecular weight is 333 g/mol. The van der Waals surface area contributed by atoms with Crippen molar-refractivity contribution in [2.45, 2.75) is 12.6 Å². The van der Waals surface area contributed by atoms with E-state index in [9.17, 15) is 18.0 Å². The van der Waals surface area contributed by atoms with E-state index in [0.717, 1.165) is 25.3 Å². The Balaban J connectivity index is 1.81. The summed E-state index contributed by atoms with van der Waals surface area (Å²) >= 11 is 0. The van der Waals surface area contributed by atoms with Crippen LogP contribution < -0.4 is 11.1 Å². The van der Waals surface area contributed by atoms with Gasteiger partial charge in [-0.15, -0.1) is 0 Å². The first-order valence-corrected chi connectivity index (χ1v) is 7.15. The van der Waals surface area contributed by atoms with Gasteiger partial charge in [0.25, 0.3) is 5.91 Å². The van der Waals surface area contributed by atoms with Gasteiger partial charge in [0.1, 0.15) is 0 Å². The molecule has 1 aliphatic rings. The first-order valence-electron chi connectivity index (χ1n) is 7.15. The molecule has 128 valence electrons. The molecule has 6 nitrogen and oxygen atoms in total. The number of amides is 1. The third-order valence-electron chi connectivity index (χ3n) is 3.41. The monoisotopic (exact) mass is 333 g/mol. The van der Waals surface area contributed by atoms with Gasteiger partial charge < -0.3 is 20.5 Å². The number of carbonyl (C=O) groups excluding carboxylic acids is 1. The molecule has 0 aromatic carbocycles. The summed E-state index contributed by atoms with van der Waals surface area (Å²) in [4.78, 5) is 15.1. The van der Waals surface area contributed by atoms with Crippen molar-refractivity contribution in [3.8, 4) is 0 Å². The maximum atomic E-state index is 12.7. The van der Waals surface area contributed by atoms with E-state index in [1.165, 1.54) is 0 Å². The number of hydrogen-bond donors (Lipinski definition) is 2. The molecular weight excluding hydrogens is 315 g/mol. The van der Waals surface area contributed by atoms with Crippen LogP contribution in [0.2, 0.25) is 0 Å². The number of anilines is 1. The van der Waals surface area contributed by atoms with E-state index in [-0.39, 0.29) is 18.7 Å². The van der Waals surface area contributed by atoms with Crippen molar-refractivity contribution in [3.63, 3.8) is 0 Å². The van der Waals surface area contributed by atoms with Crippen molar-refractivity contribution in [1.82, 2.24) is 10.3 Å². The van der Waals surface area contributed by atoms with Gasteiger partial charge in [0.05, 0.1) is 31.1 Å². The zero-order valence-corrected chi connectivity index (χ0v) is 12.4. The molecule has 23 heavy (non-hydrogen) atoms. The van der Waals surface area contributed by atoms with Crippen molar-refractivity contribution < 1.29 is 27.4 Å². The molecule has 1 fully saturated rings. The molecule has 1 aromatic rings. The fourth-order valence-electron chi connectivity index (χ4n) is 2.19. The second kappa shape index (κ2) is 7.60. The molecule has 1 saturated heterocycles. The van der Waals surface area contributed by atoms with Crippen molar-refractivity contribution >= 4 is 11.6 Å². The van der Waals surface area contributed by atoms with E-state index in [2.05, 4.69) is 10.3 Å². The number of ether oxygens (including phenoxy) is 2. The maximum Gasteiger partial charge on any atom is 0.435 e. The van der Waals surface area contributed by atoms with Gasteiger partial charge in [-0.3, -0.25) is 4.79 Å². The Hall–Kier alpha value is -1.87. The zero-order chi connectivity index (χ0) is 16.9. The summed E-state index contributed by atoms with van der Waals surface area (Å²) in [6.45, 7) is 2.37. The highest BCUT2D eigenvalue weighted by molar-refractivity contribution is 5.99. The van der Waals surface area contributed by atoms with Gasteiger partial charge in [-0.05, 0) is 12.5 Å². The van der Waals surface area contributed by atoms with Gasteiger partial charge >= 0.3 is 6.18 Å². The number of rotatable bonds is 6. The molecule has 9 heteroatoms. The molecule has 0 spiro atoms. The Morgan fingerprint density at radius 1 is 1.52 bits per heavy atom. The van der Waals surface area contributed by atoms with Crippen LogP contribution in [0.15, 0.2) is 12.3 Å². The first-order chi connectivity index (χ1) is 10.9. The van der Waals surface area contributed by atoms with Crippen LogP contribution >= 0.6 is 0 Å². The van der Waals surface area contributed by atoms with E-state index >= 15 is 0 Å². The van der Waals surface area contributed by atoms with E-state index in [1.54, 1.807) is 0 Å². The molecule has 3 N–H and O–H groups in total. The van der Waals surface area contributed by atoms with Crippen LogP contribution in [0.3, 0.4) is 0 Å². The molecule has 1 amide bonds. The third kappa shape index (κ3) is 4.80. The van der Waals surface area contributed by atoms with Crippen LogP contribution in [0.4, 0.5) is 18.9 Å². The van der Waals surface area contributed by atoms with Crippen LogP contribution in [-0.4, -0.2) is 43.9 Å². The number of alkyl halides is 3. The molecule has 2 heterocycles. The molecular formula is C14H18F3N3O3. The number of hydrogen-bond acceptors (Lipinski definition) is 5. The molecule has 1 unspecified atom stereocenters. The number of aromatic nitrogens is 1. The molecule has 1 atom stereocenters. The molecule has 0 radical (unpaired) electrons. The maximum absolute atomic E-state index is 12.7. The van der Waals surface area contributed by atoms with Crippen LogP contribution in [0.1, 0.15) is 22.5 Å². The fraction of sp³-hybridized carbons (Fsp3) is 0.571. The minimum Gasteiger partial charge on any atom is -0.396 e. The minimum absolute atomic E-state index is 0.176. The highest BCUT2D eigenvalue weighted by atomic mass is 19.4. The van der Waals surface area contributed by atoms with Gasteiger partial charge in [-0.2, -0.15) is 13.2 Å². The molecule has 0 saturated carbocycles. The summed E-state index contributed by atoms with van der Waals surface area (Å²) in [6.07, 6.45) is -2.85. The molecule has 2 rings (SSSR count).